The summed E-state index contributed by atoms with van der Waals surface area (Å²) in [6.07, 6.45) is 7.49. The number of nitrogens with zero attached hydrogens (tertiary/aromatic N) is 3. The summed E-state index contributed by atoms with van der Waals surface area (Å²) >= 11 is 0. The van der Waals surface area contributed by atoms with Gasteiger partial charge in [0.25, 0.3) is 0 Å². The predicted octanol–water partition coefficient (Wildman–Crippen LogP) is 1.65. The Bertz CT molecular complexity index is 1010. The molecule has 5 rings (SSSR count). The number of fused-ring (bicyclic) bond motifs is 1. The van der Waals surface area contributed by atoms with Crippen molar-refractivity contribution in [2.75, 3.05) is 19.8 Å². The van der Waals surface area contributed by atoms with E-state index in [0.717, 1.165) is 23.9 Å². The molecule has 2 aromatic rings. The zero-order valence-electron chi connectivity index (χ0n) is 16.9. The van der Waals surface area contributed by atoms with Crippen LogP contribution in [-0.4, -0.2) is 58.6 Å². The number of carbonyl (C=O) groups excluding carboxylic acids is 1. The summed E-state index contributed by atoms with van der Waals surface area (Å²) < 4.78 is 13.7. The lowest BCUT2D eigenvalue weighted by Crippen LogP contribution is -2.43. The van der Waals surface area contributed by atoms with Gasteiger partial charge in [-0.25, -0.2) is 9.97 Å². The molecule has 9 nitrogen and oxygen atoms in total. The van der Waals surface area contributed by atoms with Gasteiger partial charge in [0, 0.05) is 42.9 Å². The third-order valence-electron chi connectivity index (χ3n) is 5.99. The number of ether oxygens (including phenoxy) is 2. The standard InChI is InChI=1S/C21H26N6O3/c1-12(13-4-19(28)24-7-13)30-21-20-18(25-11-27(20)16-2-3-16)5-17(26-21)14(6-22)8-23-15-9-29-10-15/h5-6,8,11-13,15-16,22-23H,2-4,7,9-10H2,1H3,(H,24,28)/b14-8+,22-6?/t12-,13-/m1/s1. The molecule has 3 aliphatic rings. The minimum absolute atomic E-state index is 0.0606. The lowest BCUT2D eigenvalue weighted by atomic mass is 10.0. The van der Waals surface area contributed by atoms with Crippen LogP contribution in [0.3, 0.4) is 0 Å². The van der Waals surface area contributed by atoms with E-state index < -0.39 is 0 Å². The van der Waals surface area contributed by atoms with Crippen LogP contribution in [0.25, 0.3) is 16.6 Å². The highest BCUT2D eigenvalue weighted by Gasteiger charge is 2.31. The Hall–Kier alpha value is -2.94. The van der Waals surface area contributed by atoms with E-state index in [1.165, 1.54) is 6.21 Å². The van der Waals surface area contributed by atoms with Crippen LogP contribution in [0.5, 0.6) is 5.88 Å². The van der Waals surface area contributed by atoms with Crippen molar-refractivity contribution in [3.05, 3.63) is 24.3 Å². The molecule has 2 aromatic heterocycles. The largest absolute Gasteiger partial charge is 0.473 e. The molecule has 2 aliphatic heterocycles. The van der Waals surface area contributed by atoms with E-state index in [0.29, 0.717) is 49.4 Å². The smallest absolute Gasteiger partial charge is 0.241 e. The van der Waals surface area contributed by atoms with Gasteiger partial charge in [-0.2, -0.15) is 0 Å². The van der Waals surface area contributed by atoms with E-state index in [2.05, 4.69) is 20.2 Å². The Labute approximate surface area is 174 Å². The van der Waals surface area contributed by atoms with Crippen molar-refractivity contribution in [2.24, 2.45) is 5.92 Å². The van der Waals surface area contributed by atoms with Gasteiger partial charge < -0.3 is 30.1 Å². The fourth-order valence-electron chi connectivity index (χ4n) is 3.85. The van der Waals surface area contributed by atoms with Crippen LogP contribution in [0.1, 0.15) is 37.9 Å². The molecule has 30 heavy (non-hydrogen) atoms. The highest BCUT2D eigenvalue weighted by atomic mass is 16.5. The van der Waals surface area contributed by atoms with Crippen LogP contribution in [0.4, 0.5) is 0 Å². The first-order valence-corrected chi connectivity index (χ1v) is 10.5. The van der Waals surface area contributed by atoms with Crippen molar-refractivity contribution >= 4 is 28.7 Å². The number of imidazole rings is 1. The lowest BCUT2D eigenvalue weighted by molar-refractivity contribution is -0.119. The summed E-state index contributed by atoms with van der Waals surface area (Å²) in [5.74, 6) is 0.678. The Morgan fingerprint density at radius 1 is 1.47 bits per heavy atom. The first-order valence-electron chi connectivity index (χ1n) is 10.5. The van der Waals surface area contributed by atoms with E-state index in [4.69, 9.17) is 19.9 Å². The molecule has 3 N–H and O–H groups in total. The summed E-state index contributed by atoms with van der Waals surface area (Å²) in [6, 6.07) is 2.61. The monoisotopic (exact) mass is 410 g/mol. The molecule has 158 valence electrons. The highest BCUT2D eigenvalue weighted by Crippen LogP contribution is 2.40. The number of rotatable bonds is 8. The van der Waals surface area contributed by atoms with Gasteiger partial charge in [-0.3, -0.25) is 4.79 Å². The first-order chi connectivity index (χ1) is 14.6. The van der Waals surface area contributed by atoms with E-state index in [-0.39, 0.29) is 24.0 Å². The second kappa shape index (κ2) is 7.71. The van der Waals surface area contributed by atoms with Crippen LogP contribution < -0.4 is 15.4 Å². The number of pyridine rings is 1. The maximum atomic E-state index is 11.6. The van der Waals surface area contributed by atoms with Crippen molar-refractivity contribution in [2.45, 2.75) is 44.4 Å². The molecule has 1 saturated carbocycles. The van der Waals surface area contributed by atoms with Gasteiger partial charge in [0.1, 0.15) is 11.6 Å². The molecule has 0 spiro atoms. The molecule has 2 atom stereocenters. The normalized spacial score (nSPS) is 23.2. The topological polar surface area (TPSA) is 114 Å². The Kier molecular flexibility index (Phi) is 4.90. The number of allylic oxidation sites excluding steroid dienone is 1. The molecule has 3 fully saturated rings. The summed E-state index contributed by atoms with van der Waals surface area (Å²) in [7, 11) is 0. The zero-order valence-corrected chi connectivity index (χ0v) is 16.9. The summed E-state index contributed by atoms with van der Waals surface area (Å²) in [5, 5.41) is 14.0. The van der Waals surface area contributed by atoms with Gasteiger partial charge in [0.05, 0.1) is 36.8 Å². The van der Waals surface area contributed by atoms with Crippen molar-refractivity contribution < 1.29 is 14.3 Å². The number of amides is 1. The van der Waals surface area contributed by atoms with Crippen molar-refractivity contribution in [3.8, 4) is 5.88 Å². The Balaban J connectivity index is 1.49. The quantitative estimate of drug-likeness (QED) is 0.570. The van der Waals surface area contributed by atoms with Crippen LogP contribution >= 0.6 is 0 Å². The first kappa shape index (κ1) is 19.0. The van der Waals surface area contributed by atoms with Crippen molar-refractivity contribution in [1.82, 2.24) is 25.2 Å². The van der Waals surface area contributed by atoms with E-state index >= 15 is 0 Å². The van der Waals surface area contributed by atoms with Crippen LogP contribution in [0, 0.1) is 11.3 Å². The molecular weight excluding hydrogens is 384 g/mol. The number of hydrogen-bond acceptors (Lipinski definition) is 7. The summed E-state index contributed by atoms with van der Waals surface area (Å²) in [6.45, 7) is 3.93. The zero-order chi connectivity index (χ0) is 20.7. The van der Waals surface area contributed by atoms with Crippen molar-refractivity contribution in [1.29, 1.82) is 5.41 Å². The maximum absolute atomic E-state index is 11.6. The summed E-state index contributed by atoms with van der Waals surface area (Å²) in [4.78, 5) is 21.0. The minimum atomic E-state index is -0.171. The van der Waals surface area contributed by atoms with Gasteiger partial charge in [0.15, 0.2) is 0 Å². The third kappa shape index (κ3) is 3.65. The molecule has 0 radical (unpaired) electrons. The molecule has 0 aromatic carbocycles. The second-order valence-electron chi connectivity index (χ2n) is 8.30. The molecule has 1 aliphatic carbocycles. The fourth-order valence-corrected chi connectivity index (χ4v) is 3.85. The summed E-state index contributed by atoms with van der Waals surface area (Å²) in [5.41, 5.74) is 2.97. The predicted molar refractivity (Wildman–Crippen MR) is 112 cm³/mol. The Morgan fingerprint density at radius 2 is 2.30 bits per heavy atom. The SMILES string of the molecule is C[C@@H](Oc1nc(/C(C=N)=C/NC2COC2)cc2ncn(C3CC3)c12)[C@H]1CNC(=O)C1. The highest BCUT2D eigenvalue weighted by molar-refractivity contribution is 6.08. The molecule has 1 amide bonds. The van der Waals surface area contributed by atoms with Gasteiger partial charge in [-0.15, -0.1) is 0 Å². The maximum Gasteiger partial charge on any atom is 0.241 e. The fraction of sp³-hybridized carbons (Fsp3) is 0.524. The Morgan fingerprint density at radius 3 is 2.93 bits per heavy atom. The van der Waals surface area contributed by atoms with Crippen LogP contribution in [0.2, 0.25) is 0 Å². The molecule has 0 unspecified atom stereocenters. The van der Waals surface area contributed by atoms with Gasteiger partial charge in [-0.1, -0.05) is 0 Å². The average molecular weight is 410 g/mol. The van der Waals surface area contributed by atoms with E-state index in [9.17, 15) is 4.79 Å². The number of aromatic nitrogens is 3. The second-order valence-corrected chi connectivity index (χ2v) is 8.30. The van der Waals surface area contributed by atoms with Crippen molar-refractivity contribution in [3.63, 3.8) is 0 Å². The minimum Gasteiger partial charge on any atom is -0.473 e. The third-order valence-corrected chi connectivity index (χ3v) is 5.99. The lowest BCUT2D eigenvalue weighted by Gasteiger charge is -2.26. The molecule has 0 bridgehead atoms. The number of nitrogens with one attached hydrogen (secondary N) is 3. The van der Waals surface area contributed by atoms with Gasteiger partial charge in [-0.05, 0) is 25.8 Å². The number of hydrogen-bond donors (Lipinski definition) is 3. The average Bonchev–Trinajstić information content (AvgIpc) is 3.30. The molecular formula is C21H26N6O3. The van der Waals surface area contributed by atoms with Gasteiger partial charge in [0.2, 0.25) is 11.8 Å². The van der Waals surface area contributed by atoms with Gasteiger partial charge >= 0.3 is 0 Å². The molecule has 9 heteroatoms. The van der Waals surface area contributed by atoms with E-state index in [1.54, 1.807) is 6.20 Å². The number of carbonyl (C=O) groups is 1. The molecule has 2 saturated heterocycles. The molecule has 4 heterocycles. The van der Waals surface area contributed by atoms with Crippen LogP contribution in [-0.2, 0) is 9.53 Å². The van der Waals surface area contributed by atoms with Crippen LogP contribution in [0.15, 0.2) is 18.6 Å². The van der Waals surface area contributed by atoms with E-state index in [1.807, 2.05) is 19.3 Å².